The minimum Gasteiger partial charge on any atom is -0.424 e. The molecule has 0 amide bonds. The normalized spacial score (nSPS) is 18.5. The predicted octanol–water partition coefficient (Wildman–Crippen LogP) is 13.8. The summed E-state index contributed by atoms with van der Waals surface area (Å²) in [6, 6.07) is 0. The Labute approximate surface area is 458 Å². The zero-order valence-corrected chi connectivity index (χ0v) is 59.7. The van der Waals surface area contributed by atoms with Crippen LogP contribution in [0.25, 0.3) is 0 Å². The second-order valence-corrected chi connectivity index (χ2v) is 45.4. The van der Waals surface area contributed by atoms with Gasteiger partial charge in [-0.1, -0.05) is 234 Å². The number of hydrogen-bond donors (Lipinski definition) is 0. The van der Waals surface area contributed by atoms with E-state index in [4.69, 9.17) is 26.6 Å². The average molecular weight is 1130 g/mol. The number of unbranched alkanes of at least 4 members (excludes halogenated alkanes) is 4. The van der Waals surface area contributed by atoms with Gasteiger partial charge in [0.2, 0.25) is 0 Å². The Hall–Kier alpha value is 2.11. The van der Waals surface area contributed by atoms with E-state index in [1.165, 1.54) is 154 Å². The first-order chi connectivity index (χ1) is 33.6. The van der Waals surface area contributed by atoms with Gasteiger partial charge < -0.3 is 26.6 Å². The van der Waals surface area contributed by atoms with Crippen molar-refractivity contribution in [2.24, 2.45) is 35.5 Å². The summed E-state index contributed by atoms with van der Waals surface area (Å²) in [5.74, 6) is 4.00. The topological polar surface area (TPSA) is 55.4 Å². The molecule has 0 aliphatic rings. The smallest absolute Gasteiger partial charge is 0.165 e. The Balaban J connectivity index is 5.86. The molecule has 0 fully saturated rings. The van der Waals surface area contributed by atoms with Crippen molar-refractivity contribution in [2.45, 2.75) is 270 Å². The highest BCUT2D eigenvalue weighted by Gasteiger charge is 2.36. The van der Waals surface area contributed by atoms with Crippen LogP contribution >= 0.6 is 31.4 Å². The third-order valence-corrected chi connectivity index (χ3v) is 37.7. The van der Waals surface area contributed by atoms with Crippen molar-refractivity contribution in [1.29, 1.82) is 0 Å². The van der Waals surface area contributed by atoms with Gasteiger partial charge in [-0.2, -0.15) is 0 Å². The molecule has 0 N–H and O–H groups in total. The van der Waals surface area contributed by atoms with Crippen LogP contribution in [0.15, 0.2) is 0 Å². The van der Waals surface area contributed by atoms with Crippen LogP contribution in [0.2, 0.25) is 8.57 Å². The monoisotopic (exact) mass is 1130 g/mol. The van der Waals surface area contributed by atoms with Gasteiger partial charge in [-0.25, -0.2) is 0 Å². The van der Waals surface area contributed by atoms with Gasteiger partial charge in [-0.15, -0.1) is 0 Å². The van der Waals surface area contributed by atoms with E-state index in [1.54, 1.807) is 0 Å². The quantitative estimate of drug-likeness (QED) is 0.0438. The minimum absolute atomic E-state index is 0.301. The molecule has 0 heterocycles. The fourth-order valence-corrected chi connectivity index (χ4v) is 29.4. The molecule has 0 aliphatic carbocycles. The molecule has 0 radical (unpaired) electrons. The van der Waals surface area contributed by atoms with Gasteiger partial charge >= 0.3 is 0 Å². The van der Waals surface area contributed by atoms with Crippen molar-refractivity contribution in [3.63, 3.8) is 0 Å². The molecule has 8 unspecified atom stereocenters. The zero-order valence-electron chi connectivity index (χ0n) is 48.7. The van der Waals surface area contributed by atoms with Crippen LogP contribution in [0, 0.1) is 35.5 Å². The second-order valence-electron chi connectivity index (χ2n) is 21.7. The van der Waals surface area contributed by atoms with Crippen molar-refractivity contribution in [3.05, 3.63) is 0 Å². The summed E-state index contributed by atoms with van der Waals surface area (Å²) >= 11 is 0. The van der Waals surface area contributed by atoms with Crippen LogP contribution in [0.4, 0.5) is 0 Å². The molecule has 0 rings (SSSR count). The third kappa shape index (κ3) is 33.8. The molecule has 416 valence electrons. The highest BCUT2D eigenvalue weighted by atomic mass is 33.5. The fraction of sp³-hybridized carbons (Fsp3) is 1.00. The van der Waals surface area contributed by atoms with Crippen LogP contribution in [0.1, 0.15) is 251 Å². The fourth-order valence-electron chi connectivity index (χ4n) is 9.47. The largest absolute Gasteiger partial charge is 0.424 e. The Kier molecular flexibility index (Phi) is 50.0. The van der Waals surface area contributed by atoms with E-state index in [0.717, 1.165) is 39.6 Å². The first kappa shape index (κ1) is 71.1. The Morgan fingerprint density at radius 2 is 0.580 bits per heavy atom. The molecule has 0 aliphatic heterocycles. The molecule has 6 nitrogen and oxygen atoms in total. The summed E-state index contributed by atoms with van der Waals surface area (Å²) in [4.78, 5) is 0. The van der Waals surface area contributed by atoms with E-state index >= 15 is 0 Å². The van der Waals surface area contributed by atoms with Crippen molar-refractivity contribution in [3.8, 4) is 0 Å². The lowest BCUT2D eigenvalue weighted by Crippen LogP contribution is -2.39. The standard InChI is InChI=1S/C54H122O6S3Si6/c1-15-29-35-45(21-7)39-55-64-53(27-13,65-56-40-46(22-8)36-30-16-2)68-59-43-49(25-11)51(33-19-5)61-63-62-52(34-20-6)50(26-12)44-60-69-54(28-14,66-57-41-47(23-9)37-31-17-3)67-58-42-48(24-10)38-32-18-4/h45-52H,15-44,64-69H2,1-14H3. The molecule has 0 aromatic carbocycles. The maximum atomic E-state index is 7.08. The Morgan fingerprint density at radius 3 is 0.783 bits per heavy atom. The minimum atomic E-state index is -0.784. The van der Waals surface area contributed by atoms with E-state index in [-0.39, 0.29) is 0 Å². The number of hydrogen-bond acceptors (Lipinski definition) is 9. The molecule has 0 aromatic rings. The molecule has 8 atom stereocenters. The van der Waals surface area contributed by atoms with Gasteiger partial charge in [0.25, 0.3) is 0 Å². The molecular formula is C54H122O6S3Si6. The number of rotatable bonds is 54. The third-order valence-electron chi connectivity index (χ3n) is 15.8. The van der Waals surface area contributed by atoms with E-state index < -0.39 is 58.6 Å². The van der Waals surface area contributed by atoms with E-state index in [0.29, 0.717) is 54.6 Å². The summed E-state index contributed by atoms with van der Waals surface area (Å²) in [6.07, 6.45) is 30.3. The van der Waals surface area contributed by atoms with Crippen molar-refractivity contribution < 1.29 is 26.6 Å². The van der Waals surface area contributed by atoms with Crippen LogP contribution in [-0.4, -0.2) is 109 Å². The van der Waals surface area contributed by atoms with Gasteiger partial charge in [0.15, 0.2) is 58.6 Å². The van der Waals surface area contributed by atoms with E-state index in [1.807, 2.05) is 0 Å². The van der Waals surface area contributed by atoms with Crippen LogP contribution in [0.3, 0.4) is 0 Å². The first-order valence-corrected chi connectivity index (χ1v) is 41.3. The molecule has 69 heavy (non-hydrogen) atoms. The molecule has 0 saturated heterocycles. The highest BCUT2D eigenvalue weighted by molar-refractivity contribution is 9.09. The summed E-state index contributed by atoms with van der Waals surface area (Å²) in [6.45, 7) is 38.8. The van der Waals surface area contributed by atoms with Gasteiger partial charge in [-0.3, -0.25) is 0 Å². The van der Waals surface area contributed by atoms with E-state index in [9.17, 15) is 0 Å². The zero-order chi connectivity index (χ0) is 51.4. The van der Waals surface area contributed by atoms with Crippen molar-refractivity contribution in [1.82, 2.24) is 0 Å². The van der Waals surface area contributed by atoms with Crippen LogP contribution < -0.4 is 0 Å². The molecule has 0 bridgehead atoms. The van der Waals surface area contributed by atoms with Crippen molar-refractivity contribution in [2.75, 3.05) is 39.6 Å². The maximum absolute atomic E-state index is 7.08. The highest BCUT2D eigenvalue weighted by Crippen LogP contribution is 2.47. The van der Waals surface area contributed by atoms with Crippen LogP contribution in [-0.2, 0) is 26.6 Å². The molecule has 0 spiro atoms. The second kappa shape index (κ2) is 48.5. The SMILES string of the molecule is CCCCC(CC)CO[SiH2]C(CC)([SiH2]OCC(CC)CCCC)[SiH2]OCC(CC)C(CCC)SSSC(CCC)C(CC)CO[SiH2]C(CC)([SiH2]OCC(CC)CCCC)[SiH2]OCC(CC)CCCC. The Morgan fingerprint density at radius 1 is 0.319 bits per heavy atom. The summed E-state index contributed by atoms with van der Waals surface area (Å²) < 4.78 is 42.1. The van der Waals surface area contributed by atoms with Gasteiger partial charge in [0.05, 0.1) is 0 Å². The summed E-state index contributed by atoms with van der Waals surface area (Å²) in [7, 11) is 1.94. The molecule has 0 aromatic heterocycles. The van der Waals surface area contributed by atoms with Gasteiger partial charge in [0, 0.05) is 58.7 Å². The first-order valence-electron chi connectivity index (χ1n) is 30.0. The summed E-state index contributed by atoms with van der Waals surface area (Å²) in [5.41, 5.74) is 0. The van der Waals surface area contributed by atoms with E-state index in [2.05, 4.69) is 128 Å². The van der Waals surface area contributed by atoms with Crippen LogP contribution in [0.5, 0.6) is 0 Å². The van der Waals surface area contributed by atoms with Crippen molar-refractivity contribution >= 4 is 90.0 Å². The molecule has 15 heteroatoms. The summed E-state index contributed by atoms with van der Waals surface area (Å²) in [5, 5.41) is 1.24. The molecule has 0 saturated carbocycles. The Bertz CT molecular complexity index is 974. The molecular weight excluding hydrogens is 1010 g/mol. The maximum Gasteiger partial charge on any atom is 0.165 e. The lowest BCUT2D eigenvalue weighted by Gasteiger charge is -2.34. The lowest BCUT2D eigenvalue weighted by atomic mass is 10.00. The van der Waals surface area contributed by atoms with Gasteiger partial charge in [0.1, 0.15) is 0 Å². The average Bonchev–Trinajstić information content (AvgIpc) is 3.37. The van der Waals surface area contributed by atoms with Gasteiger partial charge in [-0.05, 0) is 83.9 Å². The lowest BCUT2D eigenvalue weighted by molar-refractivity contribution is 0.219. The predicted molar refractivity (Wildman–Crippen MR) is 334 cm³/mol.